The minimum Gasteiger partial charge on any atom is -0.497 e. The van der Waals surface area contributed by atoms with Crippen LogP contribution >= 0.6 is 11.6 Å². The molecule has 2 heterocycles. The van der Waals surface area contributed by atoms with Gasteiger partial charge in [-0.15, -0.1) is 0 Å². The van der Waals surface area contributed by atoms with Gasteiger partial charge >= 0.3 is 0 Å². The zero-order valence-corrected chi connectivity index (χ0v) is 16.2. The van der Waals surface area contributed by atoms with Crippen molar-refractivity contribution >= 4 is 28.8 Å². The number of amides is 1. The normalized spacial score (nSPS) is 10.8. The summed E-state index contributed by atoms with van der Waals surface area (Å²) in [5.41, 5.74) is 4.78. The van der Waals surface area contributed by atoms with E-state index in [1.54, 1.807) is 31.4 Å². The predicted octanol–water partition coefficient (Wildman–Crippen LogP) is 5.22. The summed E-state index contributed by atoms with van der Waals surface area (Å²) in [6.45, 7) is 2.00. The van der Waals surface area contributed by atoms with Crippen molar-refractivity contribution in [2.75, 3.05) is 12.4 Å². The van der Waals surface area contributed by atoms with Crippen LogP contribution < -0.4 is 10.1 Å². The number of carbonyl (C=O) groups excluding carboxylic acids is 1. The molecule has 2 aromatic heterocycles. The molecule has 4 aromatic rings. The average molecular weight is 392 g/mol. The number of ether oxygens (including phenoxy) is 1. The van der Waals surface area contributed by atoms with Crippen LogP contribution in [0.3, 0.4) is 0 Å². The molecule has 0 atom stereocenters. The molecule has 0 unspecified atom stereocenters. The minimum absolute atomic E-state index is 0.252. The van der Waals surface area contributed by atoms with Crippen LogP contribution in [0.4, 0.5) is 5.69 Å². The lowest BCUT2D eigenvalue weighted by molar-refractivity contribution is 0.102. The van der Waals surface area contributed by atoms with Crippen molar-refractivity contribution in [1.82, 2.24) is 9.38 Å². The summed E-state index contributed by atoms with van der Waals surface area (Å²) >= 11 is 6.11. The van der Waals surface area contributed by atoms with E-state index in [1.165, 1.54) is 0 Å². The first-order chi connectivity index (χ1) is 13.6. The van der Waals surface area contributed by atoms with Gasteiger partial charge in [0.15, 0.2) is 0 Å². The highest BCUT2D eigenvalue weighted by molar-refractivity contribution is 6.34. The monoisotopic (exact) mass is 391 g/mol. The van der Waals surface area contributed by atoms with E-state index in [1.807, 2.05) is 53.9 Å². The van der Waals surface area contributed by atoms with E-state index in [2.05, 4.69) is 5.32 Å². The molecular formula is C22H18ClN3O2. The molecular weight excluding hydrogens is 374 g/mol. The van der Waals surface area contributed by atoms with E-state index in [0.717, 1.165) is 28.3 Å². The number of rotatable bonds is 4. The van der Waals surface area contributed by atoms with Crippen molar-refractivity contribution in [1.29, 1.82) is 0 Å². The first kappa shape index (κ1) is 18.1. The van der Waals surface area contributed by atoms with Gasteiger partial charge in [0.05, 0.1) is 29.1 Å². The zero-order chi connectivity index (χ0) is 19.7. The van der Waals surface area contributed by atoms with Crippen molar-refractivity contribution in [3.8, 4) is 17.0 Å². The Balaban J connectivity index is 1.66. The third kappa shape index (κ3) is 3.32. The number of aromatic nitrogens is 2. The van der Waals surface area contributed by atoms with Crippen LogP contribution in [0.5, 0.6) is 5.75 Å². The van der Waals surface area contributed by atoms with Crippen LogP contribution in [-0.4, -0.2) is 22.4 Å². The van der Waals surface area contributed by atoms with Crippen LogP contribution in [0, 0.1) is 6.92 Å². The Morgan fingerprint density at radius 3 is 2.54 bits per heavy atom. The number of fused-ring (bicyclic) bond motifs is 1. The molecule has 0 saturated carbocycles. The number of methoxy groups -OCH3 is 1. The van der Waals surface area contributed by atoms with E-state index >= 15 is 0 Å². The van der Waals surface area contributed by atoms with Crippen molar-refractivity contribution in [3.63, 3.8) is 0 Å². The number of nitrogens with one attached hydrogen (secondary N) is 1. The Labute approximate surface area is 167 Å². The highest BCUT2D eigenvalue weighted by Gasteiger charge is 2.13. The Kier molecular flexibility index (Phi) is 4.75. The van der Waals surface area contributed by atoms with Crippen molar-refractivity contribution in [2.45, 2.75) is 6.92 Å². The third-order valence-electron chi connectivity index (χ3n) is 4.60. The molecule has 1 N–H and O–H groups in total. The standard InChI is InChI=1S/C22H18ClN3O2/c1-14-21(15-7-10-17(28-2)11-8-15)25-20-12-9-16(13-26(14)20)24-22(27)18-5-3-4-6-19(18)23/h3-13H,1-2H3,(H,24,27). The van der Waals surface area contributed by atoms with Crippen LogP contribution in [0.15, 0.2) is 66.9 Å². The maximum Gasteiger partial charge on any atom is 0.257 e. The van der Waals surface area contributed by atoms with Crippen molar-refractivity contribution < 1.29 is 9.53 Å². The van der Waals surface area contributed by atoms with E-state index < -0.39 is 0 Å². The smallest absolute Gasteiger partial charge is 0.257 e. The van der Waals surface area contributed by atoms with Crippen LogP contribution in [0.2, 0.25) is 5.02 Å². The predicted molar refractivity (Wildman–Crippen MR) is 111 cm³/mol. The Hall–Kier alpha value is -3.31. The second-order valence-electron chi connectivity index (χ2n) is 6.35. The number of carbonyl (C=O) groups is 1. The first-order valence-electron chi connectivity index (χ1n) is 8.76. The second-order valence-corrected chi connectivity index (χ2v) is 6.76. The van der Waals surface area contributed by atoms with Gasteiger partial charge in [-0.05, 0) is 55.5 Å². The topological polar surface area (TPSA) is 55.6 Å². The highest BCUT2D eigenvalue weighted by atomic mass is 35.5. The van der Waals surface area contributed by atoms with Crippen LogP contribution in [0.25, 0.3) is 16.9 Å². The van der Waals surface area contributed by atoms with Crippen molar-refractivity contribution in [3.05, 3.63) is 83.1 Å². The van der Waals surface area contributed by atoms with Gasteiger partial charge in [-0.25, -0.2) is 4.98 Å². The fourth-order valence-electron chi connectivity index (χ4n) is 3.10. The second kappa shape index (κ2) is 7.37. The first-order valence-corrected chi connectivity index (χ1v) is 9.13. The lowest BCUT2D eigenvalue weighted by Crippen LogP contribution is -2.12. The lowest BCUT2D eigenvalue weighted by atomic mass is 10.1. The molecule has 0 fully saturated rings. The van der Waals surface area contributed by atoms with Gasteiger partial charge in [0.25, 0.3) is 5.91 Å². The molecule has 0 saturated heterocycles. The summed E-state index contributed by atoms with van der Waals surface area (Å²) in [6, 6.07) is 18.5. The fourth-order valence-corrected chi connectivity index (χ4v) is 3.32. The molecule has 28 heavy (non-hydrogen) atoms. The number of halogens is 1. The SMILES string of the molecule is COc1ccc(-c2nc3ccc(NC(=O)c4ccccc4Cl)cn3c2C)cc1. The summed E-state index contributed by atoms with van der Waals surface area (Å²) < 4.78 is 7.18. The molecule has 5 nitrogen and oxygen atoms in total. The number of pyridine rings is 1. The molecule has 2 aromatic carbocycles. The van der Waals surface area contributed by atoms with Gasteiger partial charge in [-0.2, -0.15) is 0 Å². The quantitative estimate of drug-likeness (QED) is 0.518. The van der Waals surface area contributed by atoms with E-state index in [-0.39, 0.29) is 5.91 Å². The third-order valence-corrected chi connectivity index (χ3v) is 4.93. The molecule has 140 valence electrons. The molecule has 6 heteroatoms. The van der Waals surface area contributed by atoms with Crippen LogP contribution in [0.1, 0.15) is 16.1 Å². The van der Waals surface area contributed by atoms with Gasteiger partial charge in [-0.1, -0.05) is 23.7 Å². The van der Waals surface area contributed by atoms with E-state index in [9.17, 15) is 4.79 Å². The summed E-state index contributed by atoms with van der Waals surface area (Å²) in [5.74, 6) is 0.549. The number of aryl methyl sites for hydroxylation is 1. The van der Waals surface area contributed by atoms with Gasteiger partial charge in [0.1, 0.15) is 11.4 Å². The zero-order valence-electron chi connectivity index (χ0n) is 15.4. The lowest BCUT2D eigenvalue weighted by Gasteiger charge is -2.08. The van der Waals surface area contributed by atoms with Gasteiger partial charge in [-0.3, -0.25) is 4.79 Å². The number of nitrogens with zero attached hydrogens (tertiary/aromatic N) is 2. The number of benzene rings is 2. The molecule has 0 aliphatic rings. The number of hydrogen-bond acceptors (Lipinski definition) is 3. The fraction of sp³-hybridized carbons (Fsp3) is 0.0909. The largest absolute Gasteiger partial charge is 0.497 e. The Bertz CT molecular complexity index is 1170. The van der Waals surface area contributed by atoms with E-state index in [0.29, 0.717) is 16.3 Å². The summed E-state index contributed by atoms with van der Waals surface area (Å²) in [4.78, 5) is 17.2. The maximum absolute atomic E-state index is 12.5. The molecule has 4 rings (SSSR count). The average Bonchev–Trinajstić information content (AvgIpc) is 3.04. The van der Waals surface area contributed by atoms with Gasteiger partial charge in [0, 0.05) is 17.5 Å². The summed E-state index contributed by atoms with van der Waals surface area (Å²) in [7, 11) is 1.64. The number of imidazole rings is 1. The Morgan fingerprint density at radius 1 is 1.07 bits per heavy atom. The molecule has 1 amide bonds. The maximum atomic E-state index is 12.5. The Morgan fingerprint density at radius 2 is 1.82 bits per heavy atom. The highest BCUT2D eigenvalue weighted by Crippen LogP contribution is 2.27. The molecule has 0 aliphatic heterocycles. The molecule has 0 aliphatic carbocycles. The molecule has 0 bridgehead atoms. The minimum atomic E-state index is -0.252. The summed E-state index contributed by atoms with van der Waals surface area (Å²) in [6.07, 6.45) is 1.86. The van der Waals surface area contributed by atoms with Gasteiger partial charge < -0.3 is 14.5 Å². The molecule has 0 spiro atoms. The van der Waals surface area contributed by atoms with E-state index in [4.69, 9.17) is 21.3 Å². The molecule has 0 radical (unpaired) electrons. The number of hydrogen-bond donors (Lipinski definition) is 1. The van der Waals surface area contributed by atoms with Gasteiger partial charge in [0.2, 0.25) is 0 Å². The van der Waals surface area contributed by atoms with Crippen LogP contribution in [-0.2, 0) is 0 Å². The summed E-state index contributed by atoms with van der Waals surface area (Å²) in [5, 5.41) is 3.31. The number of anilines is 1. The van der Waals surface area contributed by atoms with Crippen molar-refractivity contribution in [2.24, 2.45) is 0 Å².